The first kappa shape index (κ1) is 52.1. The van der Waals surface area contributed by atoms with Gasteiger partial charge in [0.25, 0.3) is 36.3 Å². The summed E-state index contributed by atoms with van der Waals surface area (Å²) in [5, 5.41) is 78.2. The van der Waals surface area contributed by atoms with Gasteiger partial charge in [0.2, 0.25) is 11.9 Å². The molecule has 0 spiro atoms. The van der Waals surface area contributed by atoms with E-state index in [-0.39, 0.29) is 45.5 Å². The van der Waals surface area contributed by atoms with Gasteiger partial charge in [-0.25, -0.2) is 9.59 Å². The first-order valence-electron chi connectivity index (χ1n) is 19.4. The molecule has 0 saturated heterocycles. The van der Waals surface area contributed by atoms with Gasteiger partial charge in [-0.1, -0.05) is 0 Å². The second-order valence-corrected chi connectivity index (χ2v) is 18.3. The second-order valence-electron chi connectivity index (χ2n) is 14.1. The number of hydrazone groups is 1. The zero-order valence-corrected chi connectivity index (χ0v) is 38.1. The van der Waals surface area contributed by atoms with Gasteiger partial charge in [0.15, 0.2) is 11.5 Å². The summed E-state index contributed by atoms with van der Waals surface area (Å²) in [6.45, 7) is -0.762. The molecular weight excluding hydrogens is 1010 g/mol. The lowest BCUT2D eigenvalue weighted by atomic mass is 10.1. The van der Waals surface area contributed by atoms with Crippen molar-refractivity contribution in [2.75, 3.05) is 36.8 Å². The lowest BCUT2D eigenvalue weighted by Crippen LogP contribution is -2.33. The predicted molar refractivity (Wildman–Crippen MR) is 240 cm³/mol. The van der Waals surface area contributed by atoms with Crippen molar-refractivity contribution in [1.82, 2.24) is 0 Å². The summed E-state index contributed by atoms with van der Waals surface area (Å²) in [6, 6.07) is 9.50. The van der Waals surface area contributed by atoms with Gasteiger partial charge in [-0.15, -0.1) is 20.5 Å². The molecule has 0 aromatic heterocycles. The van der Waals surface area contributed by atoms with Crippen molar-refractivity contribution < 1.29 is 93.1 Å². The van der Waals surface area contributed by atoms with Crippen LogP contribution in [-0.4, -0.2) is 126 Å². The largest absolute Gasteiger partial charge is 0.505 e. The number of rotatable bonds is 19. The molecule has 0 radical (unpaired) electrons. The fourth-order valence-corrected chi connectivity index (χ4v) is 8.27. The molecule has 6 rings (SSSR count). The third kappa shape index (κ3) is 11.8. The molecule has 5 aromatic carbocycles. The Balaban J connectivity index is 1.44. The highest BCUT2D eigenvalue weighted by molar-refractivity contribution is 7.86. The Morgan fingerprint density at radius 2 is 1.27 bits per heavy atom. The van der Waals surface area contributed by atoms with Gasteiger partial charge >= 0.3 is 11.9 Å². The van der Waals surface area contributed by atoms with E-state index in [0.717, 1.165) is 54.6 Å². The number of benzene rings is 5. The summed E-state index contributed by atoms with van der Waals surface area (Å²) in [5.74, 6) is -6.73. The van der Waals surface area contributed by atoms with E-state index in [1.807, 2.05) is 0 Å². The highest BCUT2D eigenvalue weighted by atomic mass is 32.2. The molecule has 0 bridgehead atoms. The van der Waals surface area contributed by atoms with Crippen molar-refractivity contribution in [3.63, 3.8) is 0 Å². The fraction of sp³-hybridized carbons (Fsp3) is 0.154. The minimum Gasteiger partial charge on any atom is -0.505 e. The number of carboxylic acid groups (broad SMARTS) is 2. The number of aliphatic hydroxyl groups excluding tert-OH is 2. The molecule has 32 heteroatoms. The van der Waals surface area contributed by atoms with Crippen molar-refractivity contribution in [2.24, 2.45) is 35.8 Å². The van der Waals surface area contributed by atoms with E-state index in [1.54, 1.807) is 0 Å². The maximum atomic E-state index is 13.4. The van der Waals surface area contributed by atoms with Crippen molar-refractivity contribution in [1.29, 1.82) is 0 Å². The topological polar surface area (TPSA) is 453 Å². The van der Waals surface area contributed by atoms with Crippen LogP contribution in [0.3, 0.4) is 0 Å². The Morgan fingerprint density at radius 1 is 0.690 bits per heavy atom. The van der Waals surface area contributed by atoms with Crippen molar-refractivity contribution >= 4 is 110 Å². The first-order chi connectivity index (χ1) is 33.3. The normalized spacial score (nSPS) is 14.5. The number of carbonyl (C=O) groups excluding carboxylic acids is 2. The highest BCUT2D eigenvalue weighted by Gasteiger charge is 2.41. The van der Waals surface area contributed by atoms with Gasteiger partial charge in [-0.2, -0.15) is 45.6 Å². The molecule has 0 aliphatic carbocycles. The van der Waals surface area contributed by atoms with Crippen LogP contribution in [0.5, 0.6) is 17.2 Å². The van der Waals surface area contributed by atoms with Gasteiger partial charge < -0.3 is 40.3 Å². The monoisotopic (exact) mass is 1040 g/mol. The van der Waals surface area contributed by atoms with Crippen LogP contribution >= 0.6 is 0 Å². The summed E-state index contributed by atoms with van der Waals surface area (Å²) in [7, 11) is -15.8. The molecule has 2 amide bonds. The van der Waals surface area contributed by atoms with Crippen LogP contribution in [0.1, 0.15) is 17.3 Å². The number of aliphatic hydroxyl groups is 2. The average Bonchev–Trinajstić information content (AvgIpc) is 3.63. The summed E-state index contributed by atoms with van der Waals surface area (Å²) < 4.78 is 116. The Hall–Kier alpha value is -8.24. The van der Waals surface area contributed by atoms with Crippen LogP contribution in [0, 0.1) is 0 Å². The van der Waals surface area contributed by atoms with Crippen LogP contribution in [0.25, 0.3) is 10.8 Å². The second kappa shape index (κ2) is 20.8. The molecule has 71 heavy (non-hydrogen) atoms. The predicted octanol–water partition coefficient (Wildman–Crippen LogP) is 4.45. The number of anilines is 2. The molecule has 1 unspecified atom stereocenters. The first-order valence-corrected chi connectivity index (χ1v) is 23.7. The maximum Gasteiger partial charge on any atom is 0.355 e. The van der Waals surface area contributed by atoms with Gasteiger partial charge in [-0.05, 0) is 60.7 Å². The number of hydrogen-bond acceptors (Lipinski definition) is 22. The minimum absolute atomic E-state index is 0.130. The Labute approximate surface area is 398 Å². The van der Waals surface area contributed by atoms with Gasteiger partial charge in [0, 0.05) is 35.5 Å². The van der Waals surface area contributed by atoms with Crippen molar-refractivity contribution in [2.45, 2.75) is 27.7 Å². The van der Waals surface area contributed by atoms with E-state index in [2.05, 4.69) is 41.1 Å². The number of nitrogens with zero attached hydrogens (tertiary/aromatic N) is 8. The molecule has 1 atom stereocenters. The molecule has 9 N–H and O–H groups in total. The van der Waals surface area contributed by atoms with Crippen LogP contribution in [0.4, 0.5) is 39.8 Å². The lowest BCUT2D eigenvalue weighted by molar-refractivity contribution is -0.130. The molecule has 372 valence electrons. The molecular formula is C39H33N9O20S3. The third-order valence-electron chi connectivity index (χ3n) is 9.30. The number of carboxylic acids is 2. The van der Waals surface area contributed by atoms with Gasteiger partial charge in [-0.3, -0.25) is 23.2 Å². The number of aromatic carboxylic acids is 1. The number of azo groups is 3. The summed E-state index contributed by atoms with van der Waals surface area (Å²) in [6.07, 6.45) is 0. The molecule has 5 aromatic rings. The van der Waals surface area contributed by atoms with E-state index in [0.29, 0.717) is 11.1 Å². The minimum atomic E-state index is -5.57. The van der Waals surface area contributed by atoms with Crippen LogP contribution < -0.4 is 19.8 Å². The smallest absolute Gasteiger partial charge is 0.355 e. The number of ether oxygens (including phenoxy) is 2. The molecule has 29 nitrogen and oxygen atoms in total. The maximum absolute atomic E-state index is 13.4. The van der Waals surface area contributed by atoms with E-state index in [4.69, 9.17) is 9.47 Å². The van der Waals surface area contributed by atoms with Crippen LogP contribution in [0.15, 0.2) is 123 Å². The average molecular weight is 1040 g/mol. The lowest BCUT2D eigenvalue weighted by Gasteiger charge is -2.14. The number of hydrogen-bond donors (Lipinski definition) is 9. The standard InChI is InChI=1S/C39H33N9O20S3/c1-18(51)40-19-2-8-25(24(14-19)38(54)55)41-43-27-16-30(68-13-11-50)28(17-29(27)67-12-10-49)44-45-32-31(70(61,62)63)15-23-22(35(32)52)7-9-26(36(23)71(64,65)66)42-46-33-34(39(56)57)47-48(37(33)53)20-3-5-21(6-4-20)69(58,59)60/h2-9,14-17,33,49-50,52H,10-13H2,1H3,(H,40,51)(H,54,55)(H,56,57)(H,58,59,60)(H,61,62,63)(H,64,65,66). The zero-order valence-electron chi connectivity index (χ0n) is 35.6. The number of aliphatic carboxylic acids is 1. The molecule has 0 saturated carbocycles. The summed E-state index contributed by atoms with van der Waals surface area (Å²) in [4.78, 5) is 45.8. The number of aromatic hydroxyl groups is 1. The van der Waals surface area contributed by atoms with Gasteiger partial charge in [0.1, 0.15) is 62.9 Å². The van der Waals surface area contributed by atoms with Crippen molar-refractivity contribution in [3.05, 3.63) is 78.4 Å². The number of nitrogens with one attached hydrogen (secondary N) is 1. The molecule has 1 aliphatic heterocycles. The van der Waals surface area contributed by atoms with E-state index in [1.165, 1.54) is 19.1 Å². The fourth-order valence-electron chi connectivity index (χ4n) is 6.32. The third-order valence-corrected chi connectivity index (χ3v) is 12.0. The quantitative estimate of drug-likeness (QED) is 0.0407. The summed E-state index contributed by atoms with van der Waals surface area (Å²) >= 11 is 0. The Kier molecular flexibility index (Phi) is 15.3. The molecule has 1 aliphatic rings. The van der Waals surface area contributed by atoms with E-state index >= 15 is 0 Å². The Bertz CT molecular complexity index is 3490. The SMILES string of the molecule is CC(=O)Nc1ccc(N=Nc2cc(OCCO)c(N=Nc3c(S(=O)(=O)O)cc4c(S(=O)(=O)O)c(N=NC5C(=O)N(c6ccc(S(=O)(=O)O)cc6)N=C5C(=O)O)ccc4c3O)cc2OCCO)c(C(=O)O)c1. The summed E-state index contributed by atoms with van der Waals surface area (Å²) in [5.41, 5.74) is -4.20. The van der Waals surface area contributed by atoms with E-state index < -0.39 is 135 Å². The number of fused-ring (bicyclic) bond motifs is 1. The van der Waals surface area contributed by atoms with Crippen LogP contribution in [-0.2, 0) is 44.7 Å². The number of carbonyl (C=O) groups is 4. The number of phenolic OH excluding ortho intramolecular Hbond substituents is 1. The van der Waals surface area contributed by atoms with Crippen LogP contribution in [0.2, 0.25) is 0 Å². The van der Waals surface area contributed by atoms with E-state index in [9.17, 15) is 83.6 Å². The van der Waals surface area contributed by atoms with Gasteiger partial charge in [0.05, 0.1) is 29.4 Å². The molecule has 1 heterocycles. The van der Waals surface area contributed by atoms with Crippen molar-refractivity contribution in [3.8, 4) is 17.2 Å². The molecule has 0 fully saturated rings. The number of phenols is 1. The highest BCUT2D eigenvalue weighted by Crippen LogP contribution is 2.47. The number of amides is 2. The Morgan fingerprint density at radius 3 is 1.79 bits per heavy atom. The zero-order chi connectivity index (χ0) is 52.2.